The number of pyridine rings is 1. The van der Waals surface area contributed by atoms with E-state index >= 15 is 0 Å². The summed E-state index contributed by atoms with van der Waals surface area (Å²) in [5.41, 5.74) is 4.36. The Balaban J connectivity index is 2.71. The van der Waals surface area contributed by atoms with Gasteiger partial charge >= 0.3 is 0 Å². The number of allylic oxidation sites excluding steroid dienone is 1. The Kier molecular flexibility index (Phi) is 2.51. The minimum absolute atomic E-state index is 0.138. The summed E-state index contributed by atoms with van der Waals surface area (Å²) in [5, 5.41) is 9.42. The number of nitrogens with one attached hydrogen (secondary N) is 1. The fraction of sp³-hybridized carbons (Fsp3) is 0.125. The minimum atomic E-state index is -0.138. The lowest BCUT2D eigenvalue weighted by molar-refractivity contribution is 1.11. The summed E-state index contributed by atoms with van der Waals surface area (Å²) in [6.07, 6.45) is 0. The van der Waals surface area contributed by atoms with Crippen molar-refractivity contribution in [1.82, 2.24) is 9.38 Å². The van der Waals surface area contributed by atoms with Gasteiger partial charge in [0.05, 0.1) is 16.6 Å². The van der Waals surface area contributed by atoms with Gasteiger partial charge in [-0.3, -0.25) is 9.20 Å². The van der Waals surface area contributed by atoms with E-state index in [4.69, 9.17) is 0 Å². The number of hydrogen-bond acceptors (Lipinski definition) is 2. The van der Waals surface area contributed by atoms with E-state index in [0.717, 1.165) is 11.0 Å². The standard InChI is InChI=1S/C16H13N3O/c1-9(2)14-10(3)11(8-17)15-18-12-6-4-5-7-13(12)19(15)16(14)20/h4-7,18H,1H2,2-3H3. The van der Waals surface area contributed by atoms with E-state index in [0.29, 0.717) is 27.9 Å². The van der Waals surface area contributed by atoms with Crippen LogP contribution in [0.25, 0.3) is 22.3 Å². The maximum absolute atomic E-state index is 12.7. The average molecular weight is 263 g/mol. The maximum Gasteiger partial charge on any atom is 0.264 e. The Hall–Kier alpha value is -2.80. The molecule has 1 aromatic carbocycles. The van der Waals surface area contributed by atoms with E-state index in [1.807, 2.05) is 24.3 Å². The first-order chi connectivity index (χ1) is 9.56. The van der Waals surface area contributed by atoms with Crippen LogP contribution in [0.2, 0.25) is 0 Å². The molecule has 0 amide bonds. The molecule has 0 saturated heterocycles. The van der Waals surface area contributed by atoms with Gasteiger partial charge in [0.15, 0.2) is 0 Å². The Morgan fingerprint density at radius 1 is 1.40 bits per heavy atom. The van der Waals surface area contributed by atoms with Crippen molar-refractivity contribution in [3.8, 4) is 6.07 Å². The SMILES string of the molecule is C=C(C)c1c(C)c(C#N)c2[nH]c3ccccc3n2c1=O. The van der Waals surface area contributed by atoms with Crippen LogP contribution < -0.4 is 5.56 Å². The van der Waals surface area contributed by atoms with Crippen molar-refractivity contribution in [3.63, 3.8) is 0 Å². The fourth-order valence-corrected chi connectivity index (χ4v) is 2.68. The van der Waals surface area contributed by atoms with Crippen molar-refractivity contribution >= 4 is 22.3 Å². The highest BCUT2D eigenvalue weighted by Crippen LogP contribution is 2.23. The van der Waals surface area contributed by atoms with Crippen molar-refractivity contribution in [2.75, 3.05) is 0 Å². The summed E-state index contributed by atoms with van der Waals surface area (Å²) in [6.45, 7) is 7.43. The van der Waals surface area contributed by atoms with Gasteiger partial charge < -0.3 is 4.98 Å². The van der Waals surface area contributed by atoms with Crippen LogP contribution in [0.3, 0.4) is 0 Å². The quantitative estimate of drug-likeness (QED) is 0.733. The number of benzene rings is 1. The Bertz CT molecular complexity index is 967. The molecule has 0 bridgehead atoms. The molecule has 0 unspecified atom stereocenters. The number of fused-ring (bicyclic) bond motifs is 3. The van der Waals surface area contributed by atoms with Crippen molar-refractivity contribution < 1.29 is 0 Å². The Labute approximate surface area is 115 Å². The molecule has 0 radical (unpaired) electrons. The number of rotatable bonds is 1. The summed E-state index contributed by atoms with van der Waals surface area (Å²) < 4.78 is 1.56. The molecule has 0 fully saturated rings. The number of aromatic amines is 1. The third kappa shape index (κ3) is 1.44. The number of nitrogens with zero attached hydrogens (tertiary/aromatic N) is 2. The molecule has 1 N–H and O–H groups in total. The molecule has 0 aliphatic heterocycles. The average Bonchev–Trinajstić information content (AvgIpc) is 2.78. The molecule has 4 nitrogen and oxygen atoms in total. The molecule has 98 valence electrons. The van der Waals surface area contributed by atoms with Crippen LogP contribution in [0.4, 0.5) is 0 Å². The van der Waals surface area contributed by atoms with Gasteiger partial charge in [-0.2, -0.15) is 5.26 Å². The Morgan fingerprint density at radius 2 is 2.10 bits per heavy atom. The second-order valence-corrected chi connectivity index (χ2v) is 4.90. The summed E-state index contributed by atoms with van der Waals surface area (Å²) in [6, 6.07) is 9.70. The number of hydrogen-bond donors (Lipinski definition) is 1. The molecular formula is C16H13N3O. The van der Waals surface area contributed by atoms with Gasteiger partial charge in [0.25, 0.3) is 5.56 Å². The van der Waals surface area contributed by atoms with Crippen molar-refractivity contribution in [2.24, 2.45) is 0 Å². The second-order valence-electron chi connectivity index (χ2n) is 4.90. The predicted octanol–water partition coefficient (Wildman–Crippen LogP) is 2.99. The lowest BCUT2D eigenvalue weighted by atomic mass is 10.0. The van der Waals surface area contributed by atoms with E-state index in [-0.39, 0.29) is 5.56 Å². The molecule has 0 aliphatic rings. The fourth-order valence-electron chi connectivity index (χ4n) is 2.68. The van der Waals surface area contributed by atoms with E-state index in [9.17, 15) is 10.1 Å². The van der Waals surface area contributed by atoms with Crippen LogP contribution in [-0.2, 0) is 0 Å². The van der Waals surface area contributed by atoms with Crippen LogP contribution in [-0.4, -0.2) is 9.38 Å². The van der Waals surface area contributed by atoms with Crippen LogP contribution in [0.15, 0.2) is 35.6 Å². The smallest absolute Gasteiger partial charge is 0.264 e. The molecule has 3 rings (SSSR count). The highest BCUT2D eigenvalue weighted by atomic mass is 16.1. The van der Waals surface area contributed by atoms with Crippen LogP contribution in [0, 0.1) is 18.3 Å². The summed E-state index contributed by atoms with van der Waals surface area (Å²) in [4.78, 5) is 15.9. The summed E-state index contributed by atoms with van der Waals surface area (Å²) >= 11 is 0. The molecule has 2 aromatic heterocycles. The highest BCUT2D eigenvalue weighted by Gasteiger charge is 2.18. The monoisotopic (exact) mass is 263 g/mol. The van der Waals surface area contributed by atoms with E-state index in [1.54, 1.807) is 18.2 Å². The first-order valence-electron chi connectivity index (χ1n) is 6.28. The molecule has 4 heteroatoms. The van der Waals surface area contributed by atoms with Crippen LogP contribution >= 0.6 is 0 Å². The number of aromatic nitrogens is 2. The number of para-hydroxylation sites is 2. The molecule has 0 aliphatic carbocycles. The van der Waals surface area contributed by atoms with E-state index in [2.05, 4.69) is 17.6 Å². The summed E-state index contributed by atoms with van der Waals surface area (Å²) in [7, 11) is 0. The molecule has 20 heavy (non-hydrogen) atoms. The van der Waals surface area contributed by atoms with E-state index in [1.165, 1.54) is 0 Å². The zero-order chi connectivity index (χ0) is 14.4. The lowest BCUT2D eigenvalue weighted by Crippen LogP contribution is -2.19. The minimum Gasteiger partial charge on any atom is -0.338 e. The largest absolute Gasteiger partial charge is 0.338 e. The van der Waals surface area contributed by atoms with Gasteiger partial charge in [0.2, 0.25) is 0 Å². The van der Waals surface area contributed by atoms with Gasteiger partial charge in [-0.25, -0.2) is 0 Å². The van der Waals surface area contributed by atoms with Gasteiger partial charge in [0, 0.05) is 5.56 Å². The molecular weight excluding hydrogens is 250 g/mol. The maximum atomic E-state index is 12.7. The first kappa shape index (κ1) is 12.2. The number of H-pyrrole nitrogens is 1. The third-order valence-electron chi connectivity index (χ3n) is 3.56. The topological polar surface area (TPSA) is 61.1 Å². The third-order valence-corrected chi connectivity index (χ3v) is 3.56. The molecule has 3 aromatic rings. The zero-order valence-electron chi connectivity index (χ0n) is 11.3. The first-order valence-corrected chi connectivity index (χ1v) is 6.28. The van der Waals surface area contributed by atoms with Gasteiger partial charge in [-0.1, -0.05) is 18.7 Å². The van der Waals surface area contributed by atoms with Crippen LogP contribution in [0.5, 0.6) is 0 Å². The number of imidazole rings is 1. The molecule has 0 spiro atoms. The normalized spacial score (nSPS) is 10.8. The molecule has 2 heterocycles. The highest BCUT2D eigenvalue weighted by molar-refractivity contribution is 5.84. The summed E-state index contributed by atoms with van der Waals surface area (Å²) in [5.74, 6) is 0. The lowest BCUT2D eigenvalue weighted by Gasteiger charge is -2.08. The molecule has 0 atom stereocenters. The van der Waals surface area contributed by atoms with Crippen LogP contribution in [0.1, 0.15) is 23.6 Å². The van der Waals surface area contributed by atoms with Gasteiger partial charge in [-0.05, 0) is 37.1 Å². The second kappa shape index (κ2) is 4.10. The number of nitriles is 1. The van der Waals surface area contributed by atoms with E-state index < -0.39 is 0 Å². The predicted molar refractivity (Wildman–Crippen MR) is 79.7 cm³/mol. The zero-order valence-corrected chi connectivity index (χ0v) is 11.3. The van der Waals surface area contributed by atoms with Crippen molar-refractivity contribution in [3.05, 3.63) is 57.9 Å². The molecule has 0 saturated carbocycles. The van der Waals surface area contributed by atoms with Crippen molar-refractivity contribution in [1.29, 1.82) is 5.26 Å². The van der Waals surface area contributed by atoms with Gasteiger partial charge in [-0.15, -0.1) is 0 Å². The Morgan fingerprint density at radius 3 is 2.75 bits per heavy atom. The van der Waals surface area contributed by atoms with Crippen molar-refractivity contribution in [2.45, 2.75) is 13.8 Å². The van der Waals surface area contributed by atoms with Gasteiger partial charge in [0.1, 0.15) is 11.7 Å².